The quantitative estimate of drug-likeness (QED) is 0.654. The van der Waals surface area contributed by atoms with Gasteiger partial charge in [-0.25, -0.2) is 0 Å². The molecule has 1 amide bonds. The maximum absolute atomic E-state index is 11.6. The number of amides is 1. The molecule has 2 nitrogen and oxygen atoms in total. The Labute approximate surface area is 97.3 Å². The highest BCUT2D eigenvalue weighted by Gasteiger charge is 2.23. The molecule has 0 saturated carbocycles. The number of benzene rings is 1. The van der Waals surface area contributed by atoms with E-state index in [9.17, 15) is 4.79 Å². The zero-order chi connectivity index (χ0) is 11.9. The Morgan fingerprint density at radius 2 is 1.88 bits per heavy atom. The van der Waals surface area contributed by atoms with Crippen molar-refractivity contribution in [2.24, 2.45) is 0 Å². The van der Waals surface area contributed by atoms with Crippen LogP contribution in [0.15, 0.2) is 18.2 Å². The van der Waals surface area contributed by atoms with Crippen LogP contribution in [0.4, 0.5) is 5.69 Å². The van der Waals surface area contributed by atoms with E-state index in [1.165, 1.54) is 11.1 Å². The highest BCUT2D eigenvalue weighted by Crippen LogP contribution is 2.32. The van der Waals surface area contributed by atoms with Gasteiger partial charge in [0.25, 0.3) is 0 Å². The molecule has 1 aromatic carbocycles. The molecule has 86 valence electrons. The Morgan fingerprint density at radius 1 is 1.19 bits per heavy atom. The predicted octanol–water partition coefficient (Wildman–Crippen LogP) is 2.89. The van der Waals surface area contributed by atoms with E-state index < -0.39 is 0 Å². The Hall–Kier alpha value is -1.31. The van der Waals surface area contributed by atoms with Crippen LogP contribution in [0.1, 0.15) is 38.3 Å². The van der Waals surface area contributed by atoms with E-state index in [4.69, 9.17) is 0 Å². The van der Waals surface area contributed by atoms with Gasteiger partial charge in [-0.3, -0.25) is 4.79 Å². The third-order valence-corrected chi connectivity index (χ3v) is 3.29. The van der Waals surface area contributed by atoms with Crippen LogP contribution in [-0.2, 0) is 16.6 Å². The molecule has 1 heterocycles. The number of hydrogen-bond donors (Lipinski definition) is 0. The monoisotopic (exact) mass is 217 g/mol. The lowest BCUT2D eigenvalue weighted by Crippen LogP contribution is -2.31. The van der Waals surface area contributed by atoms with Crippen LogP contribution in [0, 0.1) is 0 Å². The maximum Gasteiger partial charge on any atom is 0.227 e. The second-order valence-corrected chi connectivity index (χ2v) is 5.55. The maximum atomic E-state index is 11.6. The van der Waals surface area contributed by atoms with Crippen molar-refractivity contribution < 1.29 is 4.79 Å². The minimum absolute atomic E-state index is 0.135. The first-order valence-electron chi connectivity index (χ1n) is 5.79. The Kier molecular flexibility index (Phi) is 2.53. The smallest absolute Gasteiger partial charge is 0.227 e. The summed E-state index contributed by atoms with van der Waals surface area (Å²) in [5.41, 5.74) is 3.79. The first kappa shape index (κ1) is 11.2. The molecule has 16 heavy (non-hydrogen) atoms. The van der Waals surface area contributed by atoms with Crippen molar-refractivity contribution in [3.63, 3.8) is 0 Å². The number of carbonyl (C=O) groups excluding carboxylic acids is 1. The van der Waals surface area contributed by atoms with Gasteiger partial charge in [0, 0.05) is 19.2 Å². The van der Waals surface area contributed by atoms with Gasteiger partial charge in [-0.05, 0) is 29.0 Å². The summed E-state index contributed by atoms with van der Waals surface area (Å²) in [6.07, 6.45) is 1.52. The van der Waals surface area contributed by atoms with Crippen molar-refractivity contribution in [1.82, 2.24) is 0 Å². The fraction of sp³-hybridized carbons (Fsp3) is 0.500. The first-order valence-corrected chi connectivity index (χ1v) is 5.79. The fourth-order valence-corrected chi connectivity index (χ4v) is 2.10. The van der Waals surface area contributed by atoms with Crippen molar-refractivity contribution >= 4 is 11.6 Å². The van der Waals surface area contributed by atoms with Crippen molar-refractivity contribution in [2.75, 3.05) is 11.9 Å². The lowest BCUT2D eigenvalue weighted by Gasteiger charge is -2.28. The van der Waals surface area contributed by atoms with Crippen molar-refractivity contribution in [3.8, 4) is 0 Å². The summed E-state index contributed by atoms with van der Waals surface area (Å²) in [5, 5.41) is 0. The highest BCUT2D eigenvalue weighted by molar-refractivity contribution is 5.96. The third-order valence-electron chi connectivity index (χ3n) is 3.29. The van der Waals surface area contributed by atoms with Crippen LogP contribution in [0.3, 0.4) is 0 Å². The first-order chi connectivity index (χ1) is 7.39. The number of rotatable bonds is 0. The molecule has 1 aliphatic heterocycles. The molecule has 0 atom stereocenters. The van der Waals surface area contributed by atoms with Gasteiger partial charge >= 0.3 is 0 Å². The summed E-state index contributed by atoms with van der Waals surface area (Å²) in [7, 11) is 1.87. The predicted molar refractivity (Wildman–Crippen MR) is 66.9 cm³/mol. The van der Waals surface area contributed by atoms with Gasteiger partial charge in [0.05, 0.1) is 0 Å². The number of anilines is 1. The van der Waals surface area contributed by atoms with Crippen LogP contribution in [-0.4, -0.2) is 13.0 Å². The molecule has 0 spiro atoms. The SMILES string of the molecule is CN1C(=O)CCc2ccc(C(C)(C)C)cc21. The molecule has 0 aromatic heterocycles. The topological polar surface area (TPSA) is 20.3 Å². The summed E-state index contributed by atoms with van der Waals surface area (Å²) in [6, 6.07) is 6.51. The summed E-state index contributed by atoms with van der Waals surface area (Å²) in [4.78, 5) is 13.4. The number of carbonyl (C=O) groups is 1. The Balaban J connectivity index is 2.48. The van der Waals surface area contributed by atoms with E-state index in [0.29, 0.717) is 6.42 Å². The standard InChI is InChI=1S/C14H19NO/c1-14(2,3)11-7-5-10-6-8-13(16)15(4)12(10)9-11/h5,7,9H,6,8H2,1-4H3. The van der Waals surface area contributed by atoms with Crippen molar-refractivity contribution in [2.45, 2.75) is 39.0 Å². The van der Waals surface area contributed by atoms with E-state index >= 15 is 0 Å². The molecule has 0 unspecified atom stereocenters. The Bertz CT molecular complexity index is 429. The number of hydrogen-bond acceptors (Lipinski definition) is 1. The average molecular weight is 217 g/mol. The zero-order valence-electron chi connectivity index (χ0n) is 10.5. The summed E-state index contributed by atoms with van der Waals surface area (Å²) < 4.78 is 0. The molecular weight excluding hydrogens is 198 g/mol. The average Bonchev–Trinajstić information content (AvgIpc) is 2.22. The number of aryl methyl sites for hydroxylation is 1. The summed E-state index contributed by atoms with van der Waals surface area (Å²) in [6.45, 7) is 6.58. The van der Waals surface area contributed by atoms with Crippen molar-refractivity contribution in [1.29, 1.82) is 0 Å². The minimum atomic E-state index is 0.135. The number of nitrogens with zero attached hydrogens (tertiary/aromatic N) is 1. The molecule has 2 heteroatoms. The lowest BCUT2D eigenvalue weighted by molar-refractivity contribution is -0.118. The lowest BCUT2D eigenvalue weighted by atomic mass is 9.85. The molecule has 2 rings (SSSR count). The summed E-state index contributed by atoms with van der Waals surface area (Å²) >= 11 is 0. The van der Waals surface area contributed by atoms with E-state index in [2.05, 4.69) is 39.0 Å². The normalized spacial score (nSPS) is 16.2. The Morgan fingerprint density at radius 3 is 2.50 bits per heavy atom. The minimum Gasteiger partial charge on any atom is -0.315 e. The van der Waals surface area contributed by atoms with Gasteiger partial charge < -0.3 is 4.90 Å². The molecule has 0 bridgehead atoms. The van der Waals surface area contributed by atoms with Crippen molar-refractivity contribution in [3.05, 3.63) is 29.3 Å². The molecule has 0 radical (unpaired) electrons. The van der Waals surface area contributed by atoms with Crippen LogP contribution in [0.25, 0.3) is 0 Å². The zero-order valence-corrected chi connectivity index (χ0v) is 10.5. The van der Waals surface area contributed by atoms with Crippen LogP contribution >= 0.6 is 0 Å². The molecule has 0 N–H and O–H groups in total. The number of fused-ring (bicyclic) bond motifs is 1. The third kappa shape index (κ3) is 1.84. The van der Waals surface area contributed by atoms with Gasteiger partial charge in [0.1, 0.15) is 0 Å². The van der Waals surface area contributed by atoms with Gasteiger partial charge in [-0.2, -0.15) is 0 Å². The fourth-order valence-electron chi connectivity index (χ4n) is 2.10. The van der Waals surface area contributed by atoms with Crippen LogP contribution in [0.2, 0.25) is 0 Å². The van der Waals surface area contributed by atoms with Gasteiger partial charge in [-0.15, -0.1) is 0 Å². The summed E-state index contributed by atoms with van der Waals surface area (Å²) in [5.74, 6) is 0.221. The molecule has 0 fully saturated rings. The molecular formula is C14H19NO. The van der Waals surface area contributed by atoms with Crippen LogP contribution < -0.4 is 4.90 Å². The largest absolute Gasteiger partial charge is 0.315 e. The molecule has 1 aromatic rings. The molecule has 1 aliphatic rings. The second-order valence-electron chi connectivity index (χ2n) is 5.55. The van der Waals surface area contributed by atoms with Crippen LogP contribution in [0.5, 0.6) is 0 Å². The van der Waals surface area contributed by atoms with E-state index in [0.717, 1.165) is 12.1 Å². The van der Waals surface area contributed by atoms with E-state index in [-0.39, 0.29) is 11.3 Å². The van der Waals surface area contributed by atoms with E-state index in [1.807, 2.05) is 7.05 Å². The van der Waals surface area contributed by atoms with Gasteiger partial charge in [0.15, 0.2) is 0 Å². The second kappa shape index (κ2) is 3.62. The van der Waals surface area contributed by atoms with E-state index in [1.54, 1.807) is 4.90 Å². The molecule has 0 saturated heterocycles. The molecule has 0 aliphatic carbocycles. The van der Waals surface area contributed by atoms with Gasteiger partial charge in [0.2, 0.25) is 5.91 Å². The highest BCUT2D eigenvalue weighted by atomic mass is 16.2. The van der Waals surface area contributed by atoms with Gasteiger partial charge in [-0.1, -0.05) is 32.9 Å².